The predicted octanol–water partition coefficient (Wildman–Crippen LogP) is 3.44. The molecule has 1 aromatic heterocycles. The fourth-order valence-corrected chi connectivity index (χ4v) is 2.00. The first-order valence-corrected chi connectivity index (χ1v) is 6.61. The summed E-state index contributed by atoms with van der Waals surface area (Å²) in [6.45, 7) is 8.75. The lowest BCUT2D eigenvalue weighted by Gasteiger charge is -2.11. The van der Waals surface area contributed by atoms with Gasteiger partial charge in [-0.25, -0.2) is 4.98 Å². The second kappa shape index (κ2) is 4.97. The summed E-state index contributed by atoms with van der Waals surface area (Å²) in [7, 11) is 0. The second-order valence-corrected chi connectivity index (χ2v) is 6.41. The molecule has 0 atom stereocenters. The number of aromatic nitrogens is 2. The summed E-state index contributed by atoms with van der Waals surface area (Å²) < 4.78 is 2.23. The molecule has 0 aliphatic carbocycles. The van der Waals surface area contributed by atoms with Crippen LogP contribution in [-0.4, -0.2) is 4.98 Å². The highest BCUT2D eigenvalue weighted by molar-refractivity contribution is 5.35. The Bertz CT molecular complexity index is 512. The monoisotopic (exact) mass is 243 g/mol. The van der Waals surface area contributed by atoms with Crippen LogP contribution in [0.3, 0.4) is 0 Å². The van der Waals surface area contributed by atoms with Crippen molar-refractivity contribution in [2.24, 2.45) is 5.41 Å². The third kappa shape index (κ3) is 3.22. The molecule has 1 N–H and O–H groups in total. The number of rotatable bonds is 0. The maximum absolute atomic E-state index is 3.26. The van der Waals surface area contributed by atoms with Crippen LogP contribution < -0.4 is 4.57 Å². The zero-order valence-corrected chi connectivity index (χ0v) is 11.8. The van der Waals surface area contributed by atoms with Crippen LogP contribution in [0.15, 0.2) is 36.7 Å². The summed E-state index contributed by atoms with van der Waals surface area (Å²) >= 11 is 0. The van der Waals surface area contributed by atoms with Gasteiger partial charge in [-0.05, 0) is 23.5 Å². The molecule has 96 valence electrons. The Labute approximate surface area is 110 Å². The molecule has 2 heteroatoms. The van der Waals surface area contributed by atoms with Crippen LogP contribution in [0.2, 0.25) is 0 Å². The number of hydrogen-bond donors (Lipinski definition) is 1. The number of para-hydroxylation sites is 1. The van der Waals surface area contributed by atoms with E-state index in [2.05, 4.69) is 67.7 Å². The maximum Gasteiger partial charge on any atom is 0.259 e. The number of fused-ring (bicyclic) bond motifs is 3. The quantitative estimate of drug-likeness (QED) is 0.684. The van der Waals surface area contributed by atoms with E-state index in [1.165, 1.54) is 17.1 Å². The molecule has 0 fully saturated rings. The van der Waals surface area contributed by atoms with E-state index in [1.807, 2.05) is 6.20 Å². The standard InChI is InChI=1S/C11H10N2.C5H12/c1-2-4-10-9(3-1)5-6-11-12-7-8-13(10)11;1-5(2,3)4/h1-4,7-8H,5-6H2;1-4H3/p+1. The van der Waals surface area contributed by atoms with Gasteiger partial charge in [-0.15, -0.1) is 0 Å². The SMILES string of the molecule is CC(C)(C)C.c1ccc2c(c1)CCc1[nH]cc[n+]1-2. The lowest BCUT2D eigenvalue weighted by Crippen LogP contribution is -2.37. The molecule has 1 aliphatic heterocycles. The molecule has 18 heavy (non-hydrogen) atoms. The van der Waals surface area contributed by atoms with Gasteiger partial charge in [0.1, 0.15) is 18.1 Å². The molecule has 0 unspecified atom stereocenters. The number of aromatic amines is 1. The smallest absolute Gasteiger partial charge is 0.247 e. The van der Waals surface area contributed by atoms with E-state index in [0.29, 0.717) is 5.41 Å². The van der Waals surface area contributed by atoms with Crippen LogP contribution in [-0.2, 0) is 12.8 Å². The minimum atomic E-state index is 0.500. The van der Waals surface area contributed by atoms with Crippen molar-refractivity contribution >= 4 is 0 Å². The minimum Gasteiger partial charge on any atom is -0.247 e. The average molecular weight is 243 g/mol. The molecule has 1 aliphatic rings. The summed E-state index contributed by atoms with van der Waals surface area (Å²) in [5, 5.41) is 0. The van der Waals surface area contributed by atoms with Crippen LogP contribution in [0, 0.1) is 5.41 Å². The molecular formula is C16H23N2+. The van der Waals surface area contributed by atoms with E-state index in [4.69, 9.17) is 0 Å². The van der Waals surface area contributed by atoms with Gasteiger partial charge < -0.3 is 0 Å². The van der Waals surface area contributed by atoms with E-state index >= 15 is 0 Å². The van der Waals surface area contributed by atoms with Crippen LogP contribution in [0.1, 0.15) is 39.1 Å². The molecule has 0 saturated heterocycles. The fraction of sp³-hybridized carbons (Fsp3) is 0.438. The maximum atomic E-state index is 3.26. The molecule has 3 rings (SSSR count). The van der Waals surface area contributed by atoms with Crippen LogP contribution in [0.4, 0.5) is 0 Å². The number of H-pyrrole nitrogens is 1. The Morgan fingerprint density at radius 1 is 1.06 bits per heavy atom. The molecule has 0 radical (unpaired) electrons. The number of nitrogens with one attached hydrogen (secondary N) is 1. The van der Waals surface area contributed by atoms with E-state index in [9.17, 15) is 0 Å². The van der Waals surface area contributed by atoms with Crippen LogP contribution in [0.5, 0.6) is 0 Å². The Morgan fingerprint density at radius 2 is 1.72 bits per heavy atom. The lowest BCUT2D eigenvalue weighted by molar-refractivity contribution is -0.606. The molecule has 2 nitrogen and oxygen atoms in total. The van der Waals surface area contributed by atoms with Crippen molar-refractivity contribution in [3.8, 4) is 5.69 Å². The third-order valence-corrected chi connectivity index (χ3v) is 2.65. The van der Waals surface area contributed by atoms with Gasteiger partial charge in [0.15, 0.2) is 0 Å². The van der Waals surface area contributed by atoms with Gasteiger partial charge in [-0.2, -0.15) is 4.57 Å². The summed E-state index contributed by atoms with van der Waals surface area (Å²) in [5.74, 6) is 1.30. The lowest BCUT2D eigenvalue weighted by atomic mass is 10.0. The Balaban J connectivity index is 0.000000209. The second-order valence-electron chi connectivity index (χ2n) is 6.41. The average Bonchev–Trinajstić information content (AvgIpc) is 2.75. The van der Waals surface area contributed by atoms with Crippen molar-refractivity contribution in [2.75, 3.05) is 0 Å². The van der Waals surface area contributed by atoms with E-state index in [-0.39, 0.29) is 0 Å². The number of imidazole rings is 1. The molecule has 0 saturated carbocycles. The molecule has 2 aromatic rings. The van der Waals surface area contributed by atoms with Crippen LogP contribution >= 0.6 is 0 Å². The highest BCUT2D eigenvalue weighted by atomic mass is 15.1. The van der Waals surface area contributed by atoms with Gasteiger partial charge in [0, 0.05) is 0 Å². The summed E-state index contributed by atoms with van der Waals surface area (Å²) in [6.07, 6.45) is 6.35. The summed E-state index contributed by atoms with van der Waals surface area (Å²) in [4.78, 5) is 3.26. The van der Waals surface area contributed by atoms with Gasteiger partial charge in [0.2, 0.25) is 0 Å². The Morgan fingerprint density at radius 3 is 2.44 bits per heavy atom. The van der Waals surface area contributed by atoms with Crippen molar-refractivity contribution in [3.63, 3.8) is 0 Å². The Hall–Kier alpha value is -1.57. The van der Waals surface area contributed by atoms with Crippen molar-refractivity contribution in [1.29, 1.82) is 0 Å². The zero-order valence-electron chi connectivity index (χ0n) is 11.8. The largest absolute Gasteiger partial charge is 0.259 e. The van der Waals surface area contributed by atoms with Crippen molar-refractivity contribution in [1.82, 2.24) is 4.98 Å². The molecule has 0 spiro atoms. The van der Waals surface area contributed by atoms with Gasteiger partial charge in [0.05, 0.1) is 6.42 Å². The number of nitrogens with zero attached hydrogens (tertiary/aromatic N) is 1. The van der Waals surface area contributed by atoms with Gasteiger partial charge in [0.25, 0.3) is 5.82 Å². The summed E-state index contributed by atoms with van der Waals surface area (Å²) in [5.41, 5.74) is 3.27. The Kier molecular flexibility index (Phi) is 3.55. The van der Waals surface area contributed by atoms with Gasteiger partial charge in [-0.1, -0.05) is 45.9 Å². The molecule has 2 heterocycles. The van der Waals surface area contributed by atoms with Gasteiger partial charge in [-0.3, -0.25) is 0 Å². The summed E-state index contributed by atoms with van der Waals surface area (Å²) in [6, 6.07) is 8.58. The highest BCUT2D eigenvalue weighted by Gasteiger charge is 2.20. The first kappa shape index (κ1) is 12.9. The topological polar surface area (TPSA) is 19.7 Å². The fourth-order valence-electron chi connectivity index (χ4n) is 2.00. The first-order valence-electron chi connectivity index (χ1n) is 6.61. The molecular weight excluding hydrogens is 220 g/mol. The van der Waals surface area contributed by atoms with Crippen LogP contribution in [0.25, 0.3) is 5.69 Å². The zero-order chi connectivity index (χ0) is 13.2. The molecule has 0 amide bonds. The highest BCUT2D eigenvalue weighted by Crippen LogP contribution is 2.15. The normalized spacial score (nSPS) is 13.1. The minimum absolute atomic E-state index is 0.500. The van der Waals surface area contributed by atoms with Crippen molar-refractivity contribution in [2.45, 2.75) is 40.5 Å². The van der Waals surface area contributed by atoms with E-state index in [1.54, 1.807) is 0 Å². The van der Waals surface area contributed by atoms with Crippen molar-refractivity contribution < 1.29 is 4.57 Å². The van der Waals surface area contributed by atoms with Crippen molar-refractivity contribution in [3.05, 3.63) is 48.0 Å². The molecule has 0 bridgehead atoms. The van der Waals surface area contributed by atoms with E-state index in [0.717, 1.165) is 12.8 Å². The number of benzene rings is 1. The first-order chi connectivity index (χ1) is 8.45. The number of aryl methyl sites for hydroxylation is 2. The number of hydrogen-bond acceptors (Lipinski definition) is 0. The van der Waals surface area contributed by atoms with E-state index < -0.39 is 0 Å². The predicted molar refractivity (Wildman–Crippen MR) is 74.9 cm³/mol. The third-order valence-electron chi connectivity index (χ3n) is 2.65. The molecule has 1 aromatic carbocycles. The van der Waals surface area contributed by atoms with Gasteiger partial charge >= 0.3 is 0 Å².